The summed E-state index contributed by atoms with van der Waals surface area (Å²) in [7, 11) is 0. The molecule has 0 saturated heterocycles. The van der Waals surface area contributed by atoms with E-state index in [4.69, 9.17) is 23.2 Å². The van der Waals surface area contributed by atoms with Gasteiger partial charge in [0.15, 0.2) is 0 Å². The molecule has 0 aromatic heterocycles. The summed E-state index contributed by atoms with van der Waals surface area (Å²) in [5, 5.41) is 13.8. The predicted octanol–water partition coefficient (Wildman–Crippen LogP) is 5.01. The number of aromatic hydroxyl groups is 1. The van der Waals surface area contributed by atoms with Crippen LogP contribution in [0.25, 0.3) is 0 Å². The molecule has 0 aliphatic carbocycles. The summed E-state index contributed by atoms with van der Waals surface area (Å²) < 4.78 is 13.2. The quantitative estimate of drug-likeness (QED) is 0.835. The van der Waals surface area contributed by atoms with E-state index in [9.17, 15) is 9.50 Å². The molecule has 0 spiro atoms. The molecule has 100 valence electrons. The highest BCUT2D eigenvalue weighted by atomic mass is 35.5. The van der Waals surface area contributed by atoms with Gasteiger partial charge in [-0.2, -0.15) is 0 Å². The van der Waals surface area contributed by atoms with Gasteiger partial charge in [0.25, 0.3) is 0 Å². The van der Waals surface area contributed by atoms with E-state index in [-0.39, 0.29) is 11.8 Å². The lowest BCUT2D eigenvalue weighted by molar-refractivity contribution is 0.462. The molecule has 1 unspecified atom stereocenters. The first kappa shape index (κ1) is 14.0. The largest absolute Gasteiger partial charge is 0.508 e. The second kappa shape index (κ2) is 5.68. The van der Waals surface area contributed by atoms with Crippen LogP contribution in [0, 0.1) is 5.82 Å². The minimum absolute atomic E-state index is 0.0338. The Morgan fingerprint density at radius 3 is 2.58 bits per heavy atom. The summed E-state index contributed by atoms with van der Waals surface area (Å²) >= 11 is 11.9. The normalized spacial score (nSPS) is 12.2. The number of hydrogen-bond donors (Lipinski definition) is 2. The monoisotopic (exact) mass is 299 g/mol. The molecular weight excluding hydrogens is 288 g/mol. The van der Waals surface area contributed by atoms with Crippen molar-refractivity contribution < 1.29 is 9.50 Å². The summed E-state index contributed by atoms with van der Waals surface area (Å²) in [6, 6.07) is 8.58. The lowest BCUT2D eigenvalue weighted by atomic mass is 10.1. The number of phenols is 1. The SMILES string of the molecule is CC(Nc1ccc(Cl)cc1Cl)c1cc(F)ccc1O. The maximum atomic E-state index is 13.2. The second-order valence-electron chi connectivity index (χ2n) is 4.19. The Labute approximate surface area is 120 Å². The zero-order valence-electron chi connectivity index (χ0n) is 10.1. The number of rotatable bonds is 3. The zero-order chi connectivity index (χ0) is 14.0. The van der Waals surface area contributed by atoms with Crippen LogP contribution in [0.2, 0.25) is 10.0 Å². The molecule has 0 aliphatic rings. The first-order valence-electron chi connectivity index (χ1n) is 5.67. The third kappa shape index (κ3) is 3.31. The van der Waals surface area contributed by atoms with Crippen molar-refractivity contribution in [2.45, 2.75) is 13.0 Å². The molecule has 2 rings (SSSR count). The first-order valence-corrected chi connectivity index (χ1v) is 6.43. The number of phenolic OH excluding ortho intramolecular Hbond substituents is 1. The summed E-state index contributed by atoms with van der Waals surface area (Å²) in [5.74, 6) is -0.366. The van der Waals surface area contributed by atoms with Gasteiger partial charge in [-0.05, 0) is 43.3 Å². The lowest BCUT2D eigenvalue weighted by Gasteiger charge is -2.18. The van der Waals surface area contributed by atoms with Gasteiger partial charge in [-0.1, -0.05) is 23.2 Å². The van der Waals surface area contributed by atoms with E-state index in [0.717, 1.165) is 0 Å². The molecule has 0 saturated carbocycles. The standard InChI is InChI=1S/C14H12Cl2FNO/c1-8(11-7-10(17)3-5-14(11)19)18-13-4-2-9(15)6-12(13)16/h2-8,18-19H,1H3. The van der Waals surface area contributed by atoms with Crippen LogP contribution in [0.4, 0.5) is 10.1 Å². The average molecular weight is 300 g/mol. The summed E-state index contributed by atoms with van der Waals surface area (Å²) in [5.41, 5.74) is 1.13. The maximum Gasteiger partial charge on any atom is 0.123 e. The van der Waals surface area contributed by atoms with E-state index in [0.29, 0.717) is 21.3 Å². The van der Waals surface area contributed by atoms with Crippen molar-refractivity contribution in [3.63, 3.8) is 0 Å². The van der Waals surface area contributed by atoms with E-state index >= 15 is 0 Å². The zero-order valence-corrected chi connectivity index (χ0v) is 11.6. The number of benzene rings is 2. The minimum Gasteiger partial charge on any atom is -0.508 e. The van der Waals surface area contributed by atoms with Gasteiger partial charge in [0, 0.05) is 10.6 Å². The Morgan fingerprint density at radius 1 is 1.16 bits per heavy atom. The van der Waals surface area contributed by atoms with Crippen molar-refractivity contribution in [1.29, 1.82) is 0 Å². The van der Waals surface area contributed by atoms with E-state index in [1.807, 2.05) is 0 Å². The van der Waals surface area contributed by atoms with Crippen LogP contribution < -0.4 is 5.32 Å². The van der Waals surface area contributed by atoms with Crippen molar-refractivity contribution >= 4 is 28.9 Å². The lowest BCUT2D eigenvalue weighted by Crippen LogP contribution is -2.07. The first-order chi connectivity index (χ1) is 8.97. The Kier molecular flexibility index (Phi) is 4.17. The van der Waals surface area contributed by atoms with Crippen molar-refractivity contribution in [3.8, 4) is 5.75 Å². The highest BCUT2D eigenvalue weighted by Crippen LogP contribution is 2.31. The number of anilines is 1. The van der Waals surface area contributed by atoms with Gasteiger partial charge in [0.1, 0.15) is 11.6 Å². The average Bonchev–Trinajstić information content (AvgIpc) is 2.35. The van der Waals surface area contributed by atoms with Crippen molar-refractivity contribution in [3.05, 3.63) is 57.8 Å². The molecule has 5 heteroatoms. The van der Waals surface area contributed by atoms with Gasteiger partial charge in [-0.25, -0.2) is 4.39 Å². The van der Waals surface area contributed by atoms with Crippen molar-refractivity contribution in [2.24, 2.45) is 0 Å². The van der Waals surface area contributed by atoms with E-state index < -0.39 is 5.82 Å². The summed E-state index contributed by atoms with van der Waals surface area (Å²) in [6.45, 7) is 1.80. The highest BCUT2D eigenvalue weighted by Gasteiger charge is 2.12. The molecule has 1 atom stereocenters. The van der Waals surface area contributed by atoms with E-state index in [1.165, 1.54) is 18.2 Å². The molecule has 2 N–H and O–H groups in total. The third-order valence-corrected chi connectivity index (χ3v) is 3.31. The topological polar surface area (TPSA) is 32.3 Å². The molecule has 0 fully saturated rings. The Balaban J connectivity index is 2.25. The van der Waals surface area contributed by atoms with E-state index in [1.54, 1.807) is 25.1 Å². The fourth-order valence-electron chi connectivity index (χ4n) is 1.79. The van der Waals surface area contributed by atoms with Gasteiger partial charge in [0.2, 0.25) is 0 Å². The van der Waals surface area contributed by atoms with Crippen molar-refractivity contribution in [2.75, 3.05) is 5.32 Å². The fraction of sp³-hybridized carbons (Fsp3) is 0.143. The number of halogens is 3. The smallest absolute Gasteiger partial charge is 0.123 e. The fourth-order valence-corrected chi connectivity index (χ4v) is 2.25. The van der Waals surface area contributed by atoms with Crippen LogP contribution in [0.15, 0.2) is 36.4 Å². The Hall–Kier alpha value is -1.45. The molecule has 19 heavy (non-hydrogen) atoms. The van der Waals surface area contributed by atoms with Gasteiger partial charge in [-0.15, -0.1) is 0 Å². The van der Waals surface area contributed by atoms with Crippen LogP contribution >= 0.6 is 23.2 Å². The molecule has 0 aliphatic heterocycles. The highest BCUT2D eigenvalue weighted by molar-refractivity contribution is 6.36. The molecule has 2 aromatic carbocycles. The van der Waals surface area contributed by atoms with E-state index in [2.05, 4.69) is 5.32 Å². The van der Waals surface area contributed by atoms with Crippen LogP contribution in [0.5, 0.6) is 5.75 Å². The van der Waals surface area contributed by atoms with Crippen LogP contribution in [0.3, 0.4) is 0 Å². The van der Waals surface area contributed by atoms with Gasteiger partial charge < -0.3 is 10.4 Å². The second-order valence-corrected chi connectivity index (χ2v) is 5.04. The summed E-state index contributed by atoms with van der Waals surface area (Å²) in [4.78, 5) is 0. The predicted molar refractivity (Wildman–Crippen MR) is 76.6 cm³/mol. The molecule has 0 bridgehead atoms. The molecular formula is C14H12Cl2FNO. The minimum atomic E-state index is -0.399. The third-order valence-electron chi connectivity index (χ3n) is 2.76. The Morgan fingerprint density at radius 2 is 1.89 bits per heavy atom. The summed E-state index contributed by atoms with van der Waals surface area (Å²) in [6.07, 6.45) is 0. The van der Waals surface area contributed by atoms with Crippen LogP contribution in [0.1, 0.15) is 18.5 Å². The maximum absolute atomic E-state index is 13.2. The molecule has 0 heterocycles. The van der Waals surface area contributed by atoms with Crippen LogP contribution in [-0.4, -0.2) is 5.11 Å². The number of hydrogen-bond acceptors (Lipinski definition) is 2. The van der Waals surface area contributed by atoms with Gasteiger partial charge in [-0.3, -0.25) is 0 Å². The van der Waals surface area contributed by atoms with Crippen molar-refractivity contribution in [1.82, 2.24) is 0 Å². The van der Waals surface area contributed by atoms with Gasteiger partial charge >= 0.3 is 0 Å². The van der Waals surface area contributed by atoms with Gasteiger partial charge in [0.05, 0.1) is 16.8 Å². The molecule has 0 amide bonds. The molecule has 2 nitrogen and oxygen atoms in total. The number of nitrogens with one attached hydrogen (secondary N) is 1. The molecule has 0 radical (unpaired) electrons. The molecule has 2 aromatic rings. The Bertz CT molecular complexity index is 604. The van der Waals surface area contributed by atoms with Crippen LogP contribution in [-0.2, 0) is 0 Å².